The fourth-order valence-electron chi connectivity index (χ4n) is 4.23. The molecule has 2 nitrogen and oxygen atoms in total. The van der Waals surface area contributed by atoms with Crippen LogP contribution in [0.5, 0.6) is 0 Å². The first kappa shape index (κ1) is 12.9. The highest BCUT2D eigenvalue weighted by atomic mass is 15.2. The zero-order chi connectivity index (χ0) is 12.4. The third-order valence-corrected chi connectivity index (χ3v) is 5.25. The van der Waals surface area contributed by atoms with Crippen molar-refractivity contribution in [3.63, 3.8) is 0 Å². The molecule has 3 rings (SSSR count). The molecule has 0 aromatic rings. The van der Waals surface area contributed by atoms with Gasteiger partial charge in [-0.1, -0.05) is 32.1 Å². The Balaban J connectivity index is 1.47. The van der Waals surface area contributed by atoms with Crippen LogP contribution in [0.15, 0.2) is 0 Å². The van der Waals surface area contributed by atoms with Gasteiger partial charge in [-0.25, -0.2) is 0 Å². The standard InChI is InChI=1S/C16H30N2/c17-16-9-15(8-13-6-7-13)11-18(12-16)10-14-4-2-1-3-5-14/h13-16H,1-12,17H2. The average molecular weight is 250 g/mol. The van der Waals surface area contributed by atoms with E-state index < -0.39 is 0 Å². The number of hydrogen-bond donors (Lipinski definition) is 1. The van der Waals surface area contributed by atoms with E-state index in [9.17, 15) is 0 Å². The SMILES string of the molecule is NC1CC(CC2CC2)CN(CC2CCCCC2)C1. The molecule has 0 aromatic carbocycles. The molecule has 3 fully saturated rings. The second-order valence-electron chi connectivity index (χ2n) is 7.26. The van der Waals surface area contributed by atoms with Gasteiger partial charge in [0.1, 0.15) is 0 Å². The zero-order valence-electron chi connectivity index (χ0n) is 11.8. The molecular formula is C16H30N2. The minimum absolute atomic E-state index is 0.450. The van der Waals surface area contributed by atoms with Gasteiger partial charge in [-0.05, 0) is 43.4 Å². The van der Waals surface area contributed by atoms with Gasteiger partial charge < -0.3 is 10.6 Å². The molecule has 104 valence electrons. The van der Waals surface area contributed by atoms with Crippen LogP contribution < -0.4 is 5.73 Å². The predicted octanol–water partition coefficient (Wildman–Crippen LogP) is 3.02. The van der Waals surface area contributed by atoms with E-state index in [0.29, 0.717) is 6.04 Å². The summed E-state index contributed by atoms with van der Waals surface area (Å²) in [5.41, 5.74) is 6.28. The highest BCUT2D eigenvalue weighted by Crippen LogP contribution is 2.38. The van der Waals surface area contributed by atoms with E-state index in [1.165, 1.54) is 70.9 Å². The fourth-order valence-corrected chi connectivity index (χ4v) is 4.23. The molecule has 0 spiro atoms. The molecule has 2 heteroatoms. The second-order valence-corrected chi connectivity index (χ2v) is 7.26. The third-order valence-electron chi connectivity index (χ3n) is 5.25. The quantitative estimate of drug-likeness (QED) is 0.831. The predicted molar refractivity (Wildman–Crippen MR) is 76.4 cm³/mol. The van der Waals surface area contributed by atoms with Crippen molar-refractivity contribution in [1.29, 1.82) is 0 Å². The van der Waals surface area contributed by atoms with Crippen LogP contribution in [0, 0.1) is 17.8 Å². The summed E-state index contributed by atoms with van der Waals surface area (Å²) in [6.45, 7) is 3.85. The van der Waals surface area contributed by atoms with Crippen molar-refractivity contribution in [3.05, 3.63) is 0 Å². The second kappa shape index (κ2) is 5.92. The van der Waals surface area contributed by atoms with Crippen LogP contribution in [0.3, 0.4) is 0 Å². The van der Waals surface area contributed by atoms with E-state index >= 15 is 0 Å². The lowest BCUT2D eigenvalue weighted by molar-refractivity contribution is 0.118. The molecule has 0 radical (unpaired) electrons. The molecule has 1 aliphatic heterocycles. The van der Waals surface area contributed by atoms with Crippen LogP contribution in [-0.4, -0.2) is 30.6 Å². The van der Waals surface area contributed by atoms with Crippen molar-refractivity contribution in [1.82, 2.24) is 4.90 Å². The zero-order valence-corrected chi connectivity index (χ0v) is 11.8. The number of nitrogens with zero attached hydrogens (tertiary/aromatic N) is 1. The molecule has 2 atom stereocenters. The minimum Gasteiger partial charge on any atom is -0.327 e. The molecule has 0 aromatic heterocycles. The van der Waals surface area contributed by atoms with Gasteiger partial charge in [0.2, 0.25) is 0 Å². The van der Waals surface area contributed by atoms with E-state index in [1.807, 2.05) is 0 Å². The summed E-state index contributed by atoms with van der Waals surface area (Å²) in [5.74, 6) is 2.95. The number of rotatable bonds is 4. The van der Waals surface area contributed by atoms with Crippen LogP contribution >= 0.6 is 0 Å². The van der Waals surface area contributed by atoms with Gasteiger partial charge in [-0.15, -0.1) is 0 Å². The summed E-state index contributed by atoms with van der Waals surface area (Å²) >= 11 is 0. The Morgan fingerprint density at radius 1 is 0.833 bits per heavy atom. The van der Waals surface area contributed by atoms with Crippen molar-refractivity contribution in [2.24, 2.45) is 23.5 Å². The van der Waals surface area contributed by atoms with Crippen LogP contribution in [0.1, 0.15) is 57.8 Å². The molecule has 2 saturated carbocycles. The highest BCUT2D eigenvalue weighted by Gasteiger charge is 2.31. The highest BCUT2D eigenvalue weighted by molar-refractivity contribution is 4.86. The van der Waals surface area contributed by atoms with Crippen LogP contribution in [-0.2, 0) is 0 Å². The molecule has 2 N–H and O–H groups in total. The van der Waals surface area contributed by atoms with Crippen LogP contribution in [0.4, 0.5) is 0 Å². The van der Waals surface area contributed by atoms with Crippen molar-refractivity contribution >= 4 is 0 Å². The smallest absolute Gasteiger partial charge is 0.0170 e. The van der Waals surface area contributed by atoms with E-state index in [1.54, 1.807) is 0 Å². The maximum Gasteiger partial charge on any atom is 0.0170 e. The summed E-state index contributed by atoms with van der Waals surface area (Å²) in [6.07, 6.45) is 13.1. The normalized spacial score (nSPS) is 35.8. The fraction of sp³-hybridized carbons (Fsp3) is 1.00. The van der Waals surface area contributed by atoms with Crippen LogP contribution in [0.25, 0.3) is 0 Å². The lowest BCUT2D eigenvalue weighted by Crippen LogP contribution is -2.48. The third kappa shape index (κ3) is 3.71. The Bertz CT molecular complexity index is 254. The lowest BCUT2D eigenvalue weighted by atomic mass is 9.86. The molecule has 18 heavy (non-hydrogen) atoms. The van der Waals surface area contributed by atoms with Crippen LogP contribution in [0.2, 0.25) is 0 Å². The Hall–Kier alpha value is -0.0800. The van der Waals surface area contributed by atoms with E-state index in [2.05, 4.69) is 4.90 Å². The molecule has 1 saturated heterocycles. The van der Waals surface area contributed by atoms with Crippen molar-refractivity contribution < 1.29 is 0 Å². The summed E-state index contributed by atoms with van der Waals surface area (Å²) in [6, 6.07) is 0.450. The number of piperidine rings is 1. The van der Waals surface area contributed by atoms with E-state index in [0.717, 1.165) is 24.3 Å². The Kier molecular flexibility index (Phi) is 4.25. The Morgan fingerprint density at radius 3 is 2.33 bits per heavy atom. The van der Waals surface area contributed by atoms with Crippen molar-refractivity contribution in [2.45, 2.75) is 63.8 Å². The van der Waals surface area contributed by atoms with Gasteiger partial charge in [0.25, 0.3) is 0 Å². The lowest BCUT2D eigenvalue weighted by Gasteiger charge is -2.39. The monoisotopic (exact) mass is 250 g/mol. The van der Waals surface area contributed by atoms with E-state index in [-0.39, 0.29) is 0 Å². The van der Waals surface area contributed by atoms with E-state index in [4.69, 9.17) is 5.73 Å². The van der Waals surface area contributed by atoms with Gasteiger partial charge in [0, 0.05) is 25.7 Å². The molecular weight excluding hydrogens is 220 g/mol. The van der Waals surface area contributed by atoms with Gasteiger partial charge in [-0.3, -0.25) is 0 Å². The Morgan fingerprint density at radius 2 is 1.61 bits per heavy atom. The first-order chi connectivity index (χ1) is 8.79. The number of nitrogens with two attached hydrogens (primary N) is 1. The first-order valence-electron chi connectivity index (χ1n) is 8.27. The molecule has 3 aliphatic rings. The summed E-state index contributed by atoms with van der Waals surface area (Å²) in [4.78, 5) is 2.71. The maximum atomic E-state index is 6.28. The van der Waals surface area contributed by atoms with Gasteiger partial charge in [0.05, 0.1) is 0 Å². The summed E-state index contributed by atoms with van der Waals surface area (Å²) < 4.78 is 0. The van der Waals surface area contributed by atoms with Gasteiger partial charge in [-0.2, -0.15) is 0 Å². The minimum atomic E-state index is 0.450. The largest absolute Gasteiger partial charge is 0.327 e. The first-order valence-corrected chi connectivity index (χ1v) is 8.27. The van der Waals surface area contributed by atoms with Gasteiger partial charge >= 0.3 is 0 Å². The summed E-state index contributed by atoms with van der Waals surface area (Å²) in [7, 11) is 0. The van der Waals surface area contributed by atoms with Gasteiger partial charge in [0.15, 0.2) is 0 Å². The molecule has 0 bridgehead atoms. The number of hydrogen-bond acceptors (Lipinski definition) is 2. The molecule has 2 aliphatic carbocycles. The average Bonchev–Trinajstić information content (AvgIpc) is 3.13. The maximum absolute atomic E-state index is 6.28. The number of likely N-dealkylation sites (tertiary alicyclic amines) is 1. The van der Waals surface area contributed by atoms with Crippen molar-refractivity contribution in [3.8, 4) is 0 Å². The Labute approximate surface area is 112 Å². The van der Waals surface area contributed by atoms with Crippen molar-refractivity contribution in [2.75, 3.05) is 19.6 Å². The topological polar surface area (TPSA) is 29.3 Å². The molecule has 1 heterocycles. The molecule has 2 unspecified atom stereocenters. The molecule has 0 amide bonds. The summed E-state index contributed by atoms with van der Waals surface area (Å²) in [5, 5.41) is 0.